The van der Waals surface area contributed by atoms with E-state index < -0.39 is 0 Å². The van der Waals surface area contributed by atoms with Crippen molar-refractivity contribution in [3.63, 3.8) is 0 Å². The molecule has 2 fully saturated rings. The molecule has 2 N–H and O–H groups in total. The van der Waals surface area contributed by atoms with Gasteiger partial charge in [-0.15, -0.1) is 0 Å². The zero-order valence-corrected chi connectivity index (χ0v) is 8.91. The Kier molecular flexibility index (Phi) is 2.77. The summed E-state index contributed by atoms with van der Waals surface area (Å²) in [6, 6.07) is 0.0332. The number of amides is 1. The lowest BCUT2D eigenvalue weighted by Gasteiger charge is -2.36. The number of carbonyl (C=O) groups is 1. The largest absolute Gasteiger partial charge is 0.368 e. The van der Waals surface area contributed by atoms with Crippen molar-refractivity contribution in [1.29, 1.82) is 0 Å². The summed E-state index contributed by atoms with van der Waals surface area (Å²) >= 11 is 0. The summed E-state index contributed by atoms with van der Waals surface area (Å²) in [4.78, 5) is 13.4. The van der Waals surface area contributed by atoms with Crippen LogP contribution in [0.1, 0.15) is 32.6 Å². The van der Waals surface area contributed by atoms with Crippen LogP contribution in [0.25, 0.3) is 0 Å². The lowest BCUT2D eigenvalue weighted by Crippen LogP contribution is -2.44. The highest BCUT2D eigenvalue weighted by Crippen LogP contribution is 2.34. The van der Waals surface area contributed by atoms with Gasteiger partial charge < -0.3 is 5.73 Å². The minimum atomic E-state index is -0.130. The van der Waals surface area contributed by atoms with Gasteiger partial charge in [-0.05, 0) is 44.1 Å². The fourth-order valence-corrected chi connectivity index (χ4v) is 2.92. The lowest BCUT2D eigenvalue weighted by molar-refractivity contribution is -0.122. The first-order valence-electron chi connectivity index (χ1n) is 5.70. The SMILES string of the molecule is CC1CC(CN2CCC[C@H]2C(N)=O)C1. The van der Waals surface area contributed by atoms with Crippen LogP contribution in [0.4, 0.5) is 0 Å². The van der Waals surface area contributed by atoms with Crippen LogP contribution < -0.4 is 5.73 Å². The molecule has 1 saturated heterocycles. The van der Waals surface area contributed by atoms with E-state index in [4.69, 9.17) is 5.73 Å². The van der Waals surface area contributed by atoms with Crippen molar-refractivity contribution in [1.82, 2.24) is 4.90 Å². The monoisotopic (exact) mass is 196 g/mol. The first kappa shape index (κ1) is 9.97. The Hall–Kier alpha value is -0.570. The van der Waals surface area contributed by atoms with E-state index in [9.17, 15) is 4.79 Å². The number of nitrogens with zero attached hydrogens (tertiary/aromatic N) is 1. The second kappa shape index (κ2) is 3.89. The maximum Gasteiger partial charge on any atom is 0.234 e. The predicted molar refractivity (Wildman–Crippen MR) is 55.7 cm³/mol. The Morgan fingerprint density at radius 1 is 1.50 bits per heavy atom. The van der Waals surface area contributed by atoms with Crippen LogP contribution in [-0.4, -0.2) is 29.9 Å². The van der Waals surface area contributed by atoms with Crippen molar-refractivity contribution in [2.24, 2.45) is 17.6 Å². The number of hydrogen-bond acceptors (Lipinski definition) is 2. The highest BCUT2D eigenvalue weighted by molar-refractivity contribution is 5.80. The standard InChI is InChI=1S/C11H20N2O/c1-8-5-9(6-8)7-13-4-2-3-10(13)11(12)14/h8-10H,2-7H2,1H3,(H2,12,14)/t8?,9?,10-/m0/s1. The normalized spacial score (nSPS) is 38.2. The van der Waals surface area contributed by atoms with Crippen LogP contribution >= 0.6 is 0 Å². The summed E-state index contributed by atoms with van der Waals surface area (Å²) < 4.78 is 0. The highest BCUT2D eigenvalue weighted by Gasteiger charge is 2.33. The third-order valence-corrected chi connectivity index (χ3v) is 3.66. The van der Waals surface area contributed by atoms with Crippen LogP contribution in [0.2, 0.25) is 0 Å². The number of hydrogen-bond donors (Lipinski definition) is 1. The number of carbonyl (C=O) groups excluding carboxylic acids is 1. The summed E-state index contributed by atoms with van der Waals surface area (Å²) in [6.45, 7) is 4.46. The lowest BCUT2D eigenvalue weighted by atomic mass is 9.76. The average Bonchev–Trinajstić information content (AvgIpc) is 2.49. The van der Waals surface area contributed by atoms with Crippen LogP contribution in [0.15, 0.2) is 0 Å². The Morgan fingerprint density at radius 3 is 2.79 bits per heavy atom. The molecule has 0 bridgehead atoms. The molecule has 1 heterocycles. The number of primary amides is 1. The van der Waals surface area contributed by atoms with E-state index in [1.54, 1.807) is 0 Å². The van der Waals surface area contributed by atoms with Gasteiger partial charge in [-0.25, -0.2) is 0 Å². The van der Waals surface area contributed by atoms with Gasteiger partial charge in [0.05, 0.1) is 6.04 Å². The van der Waals surface area contributed by atoms with Crippen LogP contribution in [0.3, 0.4) is 0 Å². The van der Waals surface area contributed by atoms with Crippen molar-refractivity contribution >= 4 is 5.91 Å². The minimum absolute atomic E-state index is 0.0332. The fraction of sp³-hybridized carbons (Fsp3) is 0.909. The van der Waals surface area contributed by atoms with Crippen LogP contribution in [0, 0.1) is 11.8 Å². The Balaban J connectivity index is 1.82. The van der Waals surface area contributed by atoms with Gasteiger partial charge in [-0.3, -0.25) is 9.69 Å². The van der Waals surface area contributed by atoms with Crippen molar-refractivity contribution < 1.29 is 4.79 Å². The van der Waals surface area contributed by atoms with Gasteiger partial charge in [0.25, 0.3) is 0 Å². The van der Waals surface area contributed by atoms with Gasteiger partial charge in [0.1, 0.15) is 0 Å². The molecular weight excluding hydrogens is 176 g/mol. The maximum absolute atomic E-state index is 11.1. The van der Waals surface area contributed by atoms with Crippen molar-refractivity contribution in [3.8, 4) is 0 Å². The second-order valence-electron chi connectivity index (χ2n) is 5.00. The van der Waals surface area contributed by atoms with E-state index in [-0.39, 0.29) is 11.9 Å². The third kappa shape index (κ3) is 1.92. The third-order valence-electron chi connectivity index (χ3n) is 3.66. The van der Waals surface area contributed by atoms with E-state index >= 15 is 0 Å². The zero-order valence-electron chi connectivity index (χ0n) is 8.91. The number of likely N-dealkylation sites (tertiary alicyclic amines) is 1. The van der Waals surface area contributed by atoms with Gasteiger partial charge in [0.2, 0.25) is 5.91 Å². The van der Waals surface area contributed by atoms with Gasteiger partial charge in [0, 0.05) is 6.54 Å². The average molecular weight is 196 g/mol. The van der Waals surface area contributed by atoms with Gasteiger partial charge >= 0.3 is 0 Å². The minimum Gasteiger partial charge on any atom is -0.368 e. The highest BCUT2D eigenvalue weighted by atomic mass is 16.1. The molecule has 1 aliphatic carbocycles. The second-order valence-corrected chi connectivity index (χ2v) is 5.00. The molecule has 3 nitrogen and oxygen atoms in total. The van der Waals surface area contributed by atoms with Crippen LogP contribution in [-0.2, 0) is 4.79 Å². The first-order chi connectivity index (χ1) is 6.66. The molecule has 0 aromatic carbocycles. The molecule has 0 unspecified atom stereocenters. The van der Waals surface area contributed by atoms with Crippen LogP contribution in [0.5, 0.6) is 0 Å². The molecule has 1 amide bonds. The molecule has 0 radical (unpaired) electrons. The maximum atomic E-state index is 11.1. The molecule has 2 rings (SSSR count). The summed E-state index contributed by atoms with van der Waals surface area (Å²) in [5.41, 5.74) is 5.37. The molecule has 1 aliphatic heterocycles. The molecule has 0 aromatic heterocycles. The topological polar surface area (TPSA) is 46.3 Å². The molecule has 0 spiro atoms. The predicted octanol–water partition coefficient (Wildman–Crippen LogP) is 0.982. The van der Waals surface area contributed by atoms with Gasteiger partial charge in [-0.2, -0.15) is 0 Å². The van der Waals surface area contributed by atoms with E-state index in [0.29, 0.717) is 0 Å². The molecule has 1 atom stereocenters. The smallest absolute Gasteiger partial charge is 0.234 e. The van der Waals surface area contributed by atoms with E-state index in [2.05, 4.69) is 11.8 Å². The Bertz CT molecular complexity index is 223. The summed E-state index contributed by atoms with van der Waals surface area (Å²) in [5, 5.41) is 0. The summed E-state index contributed by atoms with van der Waals surface area (Å²) in [6.07, 6.45) is 4.78. The van der Waals surface area contributed by atoms with Gasteiger partial charge in [0.15, 0.2) is 0 Å². The Morgan fingerprint density at radius 2 is 2.21 bits per heavy atom. The van der Waals surface area contributed by atoms with E-state index in [1.165, 1.54) is 12.8 Å². The number of rotatable bonds is 3. The van der Waals surface area contributed by atoms with Crippen molar-refractivity contribution in [2.45, 2.75) is 38.6 Å². The molecule has 2 aliphatic rings. The zero-order chi connectivity index (χ0) is 10.1. The number of nitrogens with two attached hydrogens (primary N) is 1. The molecule has 3 heteroatoms. The first-order valence-corrected chi connectivity index (χ1v) is 5.70. The molecular formula is C11H20N2O. The van der Waals surface area contributed by atoms with Gasteiger partial charge in [-0.1, -0.05) is 6.92 Å². The Labute approximate surface area is 85.6 Å². The van der Waals surface area contributed by atoms with E-state index in [0.717, 1.165) is 37.8 Å². The summed E-state index contributed by atoms with van der Waals surface area (Å²) in [7, 11) is 0. The molecule has 1 saturated carbocycles. The quantitative estimate of drug-likeness (QED) is 0.731. The fourth-order valence-electron chi connectivity index (χ4n) is 2.92. The molecule has 0 aromatic rings. The molecule has 80 valence electrons. The summed E-state index contributed by atoms with van der Waals surface area (Å²) in [5.74, 6) is 1.59. The molecule has 14 heavy (non-hydrogen) atoms. The van der Waals surface area contributed by atoms with Crippen molar-refractivity contribution in [2.75, 3.05) is 13.1 Å². The van der Waals surface area contributed by atoms with Crippen molar-refractivity contribution in [3.05, 3.63) is 0 Å². The van der Waals surface area contributed by atoms with E-state index in [1.807, 2.05) is 0 Å².